The molecule has 0 aromatic carbocycles. The van der Waals surface area contributed by atoms with Crippen molar-refractivity contribution >= 4 is 11.8 Å². The third kappa shape index (κ3) is 3.33. The first-order valence-electron chi connectivity index (χ1n) is 5.03. The van der Waals surface area contributed by atoms with Crippen LogP contribution in [0.1, 0.15) is 26.2 Å². The molecule has 1 heterocycles. The molecule has 80 valence electrons. The molecule has 1 fully saturated rings. The largest absolute Gasteiger partial charge is 0.317 e. The molecule has 3 N–H and O–H groups in total. The first kappa shape index (κ1) is 11.0. The quantitative estimate of drug-likeness (QED) is 0.527. The maximum Gasteiger partial charge on any atom is 0.241 e. The zero-order valence-electron chi connectivity index (χ0n) is 8.43. The second kappa shape index (κ2) is 5.59. The van der Waals surface area contributed by atoms with Gasteiger partial charge in [0.05, 0.1) is 0 Å². The molecule has 0 saturated carbocycles. The van der Waals surface area contributed by atoms with Crippen molar-refractivity contribution in [1.29, 1.82) is 0 Å². The number of carbonyl (C=O) groups is 2. The van der Waals surface area contributed by atoms with Crippen molar-refractivity contribution in [3.63, 3.8) is 0 Å². The van der Waals surface area contributed by atoms with Gasteiger partial charge in [-0.1, -0.05) is 6.92 Å². The van der Waals surface area contributed by atoms with Crippen LogP contribution in [0, 0.1) is 5.92 Å². The Kier molecular flexibility index (Phi) is 4.39. The topological polar surface area (TPSA) is 70.2 Å². The van der Waals surface area contributed by atoms with Crippen molar-refractivity contribution in [3.8, 4) is 0 Å². The average molecular weight is 199 g/mol. The Labute approximate surface area is 83.6 Å². The van der Waals surface area contributed by atoms with Gasteiger partial charge in [0.15, 0.2) is 0 Å². The molecule has 0 atom stereocenters. The smallest absolute Gasteiger partial charge is 0.241 e. The lowest BCUT2D eigenvalue weighted by Crippen LogP contribution is -2.46. The fourth-order valence-electron chi connectivity index (χ4n) is 1.41. The highest BCUT2D eigenvalue weighted by Gasteiger charge is 2.20. The average Bonchev–Trinajstić information content (AvgIpc) is 2.26. The zero-order valence-corrected chi connectivity index (χ0v) is 8.43. The van der Waals surface area contributed by atoms with Crippen LogP contribution in [0.5, 0.6) is 0 Å². The Bertz CT molecular complexity index is 212. The van der Waals surface area contributed by atoms with E-state index in [1.54, 1.807) is 6.92 Å². The highest BCUT2D eigenvalue weighted by molar-refractivity contribution is 5.83. The summed E-state index contributed by atoms with van der Waals surface area (Å²) in [6.07, 6.45) is 2.06. The summed E-state index contributed by atoms with van der Waals surface area (Å²) >= 11 is 0. The van der Waals surface area contributed by atoms with Gasteiger partial charge in [0.1, 0.15) is 0 Å². The third-order valence-corrected chi connectivity index (χ3v) is 2.36. The van der Waals surface area contributed by atoms with Crippen LogP contribution >= 0.6 is 0 Å². The third-order valence-electron chi connectivity index (χ3n) is 2.36. The molecule has 1 aliphatic heterocycles. The van der Waals surface area contributed by atoms with Crippen LogP contribution < -0.4 is 16.2 Å². The van der Waals surface area contributed by atoms with E-state index in [0.717, 1.165) is 25.9 Å². The van der Waals surface area contributed by atoms with Gasteiger partial charge in [0.25, 0.3) is 0 Å². The Morgan fingerprint density at radius 1 is 1.29 bits per heavy atom. The molecule has 5 heteroatoms. The normalized spacial score (nSPS) is 17.5. The van der Waals surface area contributed by atoms with E-state index in [4.69, 9.17) is 0 Å². The summed E-state index contributed by atoms with van der Waals surface area (Å²) in [6.45, 7) is 3.49. The van der Waals surface area contributed by atoms with E-state index in [1.165, 1.54) is 0 Å². The van der Waals surface area contributed by atoms with Crippen LogP contribution in [0.4, 0.5) is 0 Å². The van der Waals surface area contributed by atoms with Crippen molar-refractivity contribution in [3.05, 3.63) is 0 Å². The van der Waals surface area contributed by atoms with Crippen LogP contribution in [0.15, 0.2) is 0 Å². The van der Waals surface area contributed by atoms with Crippen molar-refractivity contribution in [2.75, 3.05) is 13.1 Å². The molecule has 1 rings (SSSR count). The van der Waals surface area contributed by atoms with Gasteiger partial charge in [-0.15, -0.1) is 0 Å². The molecule has 1 saturated heterocycles. The zero-order chi connectivity index (χ0) is 10.4. The minimum absolute atomic E-state index is 0.0356. The van der Waals surface area contributed by atoms with Crippen LogP contribution in [0.3, 0.4) is 0 Å². The Balaban J connectivity index is 2.23. The highest BCUT2D eigenvalue weighted by Crippen LogP contribution is 2.10. The van der Waals surface area contributed by atoms with Gasteiger partial charge >= 0.3 is 0 Å². The lowest BCUT2D eigenvalue weighted by molar-refractivity contribution is -0.131. The minimum Gasteiger partial charge on any atom is -0.317 e. The van der Waals surface area contributed by atoms with Crippen molar-refractivity contribution < 1.29 is 9.59 Å². The summed E-state index contributed by atoms with van der Waals surface area (Å²) in [5.74, 6) is -0.200. The van der Waals surface area contributed by atoms with E-state index in [0.29, 0.717) is 6.42 Å². The van der Waals surface area contributed by atoms with E-state index < -0.39 is 0 Å². The molecule has 5 nitrogen and oxygen atoms in total. The van der Waals surface area contributed by atoms with E-state index >= 15 is 0 Å². The number of nitrogens with one attached hydrogen (secondary N) is 3. The maximum atomic E-state index is 11.5. The number of carbonyl (C=O) groups excluding carboxylic acids is 2. The van der Waals surface area contributed by atoms with E-state index in [1.807, 2.05) is 0 Å². The Morgan fingerprint density at radius 2 is 1.93 bits per heavy atom. The van der Waals surface area contributed by atoms with Crippen LogP contribution in [0.2, 0.25) is 0 Å². The molecular formula is C9H17N3O2. The number of amides is 2. The van der Waals surface area contributed by atoms with Crippen LogP contribution in [-0.4, -0.2) is 24.9 Å². The summed E-state index contributed by atoms with van der Waals surface area (Å²) in [6, 6.07) is 0. The van der Waals surface area contributed by atoms with Gasteiger partial charge in [-0.25, -0.2) is 0 Å². The summed E-state index contributed by atoms with van der Waals surface area (Å²) in [4.78, 5) is 22.3. The molecule has 0 aromatic rings. The minimum atomic E-state index is -0.160. The van der Waals surface area contributed by atoms with Gasteiger partial charge in [0, 0.05) is 12.3 Å². The van der Waals surface area contributed by atoms with Gasteiger partial charge in [-0.05, 0) is 25.9 Å². The molecule has 0 bridgehead atoms. The van der Waals surface area contributed by atoms with Gasteiger partial charge in [0.2, 0.25) is 11.8 Å². The number of hydrogen-bond acceptors (Lipinski definition) is 3. The Hall–Kier alpha value is -1.10. The van der Waals surface area contributed by atoms with Gasteiger partial charge < -0.3 is 5.32 Å². The lowest BCUT2D eigenvalue weighted by Gasteiger charge is -2.21. The van der Waals surface area contributed by atoms with Crippen LogP contribution in [0.25, 0.3) is 0 Å². The second-order valence-electron chi connectivity index (χ2n) is 3.42. The van der Waals surface area contributed by atoms with E-state index in [2.05, 4.69) is 16.2 Å². The molecule has 0 aromatic heterocycles. The number of rotatable bonds is 2. The van der Waals surface area contributed by atoms with Crippen molar-refractivity contribution in [2.24, 2.45) is 5.92 Å². The molecule has 0 radical (unpaired) electrons. The summed E-state index contributed by atoms with van der Waals surface area (Å²) in [5.41, 5.74) is 4.81. The predicted octanol–water partition coefficient (Wildman–Crippen LogP) is -0.457. The molecule has 0 unspecified atom stereocenters. The molecular weight excluding hydrogens is 182 g/mol. The monoisotopic (exact) mass is 199 g/mol. The molecule has 0 spiro atoms. The molecule has 0 aliphatic carbocycles. The van der Waals surface area contributed by atoms with Crippen LogP contribution in [-0.2, 0) is 9.59 Å². The summed E-state index contributed by atoms with van der Waals surface area (Å²) in [7, 11) is 0. The number of piperidine rings is 1. The van der Waals surface area contributed by atoms with Crippen molar-refractivity contribution in [1.82, 2.24) is 16.2 Å². The fraction of sp³-hybridized carbons (Fsp3) is 0.778. The fourth-order valence-corrected chi connectivity index (χ4v) is 1.41. The summed E-state index contributed by atoms with van der Waals surface area (Å²) < 4.78 is 0. The van der Waals surface area contributed by atoms with Gasteiger partial charge in [-0.3, -0.25) is 20.4 Å². The van der Waals surface area contributed by atoms with E-state index in [-0.39, 0.29) is 17.7 Å². The lowest BCUT2D eigenvalue weighted by atomic mass is 9.98. The molecule has 14 heavy (non-hydrogen) atoms. The van der Waals surface area contributed by atoms with Gasteiger partial charge in [-0.2, -0.15) is 0 Å². The first-order valence-corrected chi connectivity index (χ1v) is 5.03. The van der Waals surface area contributed by atoms with E-state index in [9.17, 15) is 9.59 Å². The Morgan fingerprint density at radius 3 is 2.50 bits per heavy atom. The number of hydrazine groups is 1. The van der Waals surface area contributed by atoms with Crippen molar-refractivity contribution in [2.45, 2.75) is 26.2 Å². The maximum absolute atomic E-state index is 11.5. The highest BCUT2D eigenvalue weighted by atomic mass is 16.2. The molecule has 1 aliphatic rings. The first-order chi connectivity index (χ1) is 6.74. The summed E-state index contributed by atoms with van der Waals surface area (Å²) in [5, 5.41) is 3.18. The predicted molar refractivity (Wildman–Crippen MR) is 52.2 cm³/mol. The standard InChI is InChI=1S/C9H17N3O2/c1-2-8(13)11-12-9(14)7-3-5-10-6-4-7/h7,10H,2-6H2,1H3,(H,11,13)(H,12,14). The molecule has 2 amide bonds. The SMILES string of the molecule is CCC(=O)NNC(=O)C1CCNCC1. The number of hydrogen-bond donors (Lipinski definition) is 3. The second-order valence-corrected chi connectivity index (χ2v) is 3.42.